The van der Waals surface area contributed by atoms with Crippen molar-refractivity contribution in [2.24, 2.45) is 4.99 Å². The maximum absolute atomic E-state index is 11.0. The molecule has 2 N–H and O–H groups in total. The third kappa shape index (κ3) is 2.49. The van der Waals surface area contributed by atoms with E-state index in [0.29, 0.717) is 5.84 Å². The summed E-state index contributed by atoms with van der Waals surface area (Å²) in [4.78, 5) is 15.2. The first-order valence-electron chi connectivity index (χ1n) is 8.53. The van der Waals surface area contributed by atoms with E-state index < -0.39 is 0 Å². The summed E-state index contributed by atoms with van der Waals surface area (Å²) in [6.07, 6.45) is 5.29. The summed E-state index contributed by atoms with van der Waals surface area (Å²) < 4.78 is 0. The molecule has 1 fully saturated rings. The van der Waals surface area contributed by atoms with Gasteiger partial charge in [-0.2, -0.15) is 0 Å². The van der Waals surface area contributed by atoms with E-state index in [1.165, 1.54) is 12.5 Å². The average molecular weight is 337 g/mol. The lowest BCUT2D eigenvalue weighted by Gasteiger charge is -2.35. The van der Waals surface area contributed by atoms with Gasteiger partial charge in [0.2, 0.25) is 0 Å². The molecule has 0 radical (unpaired) electrons. The van der Waals surface area contributed by atoms with E-state index in [4.69, 9.17) is 0 Å². The van der Waals surface area contributed by atoms with Gasteiger partial charge in [0.25, 0.3) is 5.69 Å². The van der Waals surface area contributed by atoms with Crippen LogP contribution in [0.4, 0.5) is 11.4 Å². The minimum absolute atomic E-state index is 0.0827. The van der Waals surface area contributed by atoms with Crippen molar-refractivity contribution < 1.29 is 10.1 Å². The second-order valence-electron chi connectivity index (χ2n) is 6.75. The average Bonchev–Trinajstić information content (AvgIpc) is 2.95. The van der Waals surface area contributed by atoms with Crippen molar-refractivity contribution in [1.29, 1.82) is 0 Å². The molecule has 6 nitrogen and oxygen atoms in total. The Hall–Kier alpha value is -2.73. The SMILES string of the molecule is O=[N+]([O-])c1cccc(-c2ccc3c(c2)C2(CCCCC2)C(NO)=N3)c1. The normalized spacial score (nSPS) is 17.9. The Morgan fingerprint density at radius 3 is 2.56 bits per heavy atom. The van der Waals surface area contributed by atoms with Crippen LogP contribution in [0.3, 0.4) is 0 Å². The lowest BCUT2D eigenvalue weighted by Crippen LogP contribution is -2.42. The van der Waals surface area contributed by atoms with Crippen LogP contribution in [0, 0.1) is 10.1 Å². The van der Waals surface area contributed by atoms with Crippen LogP contribution in [0.2, 0.25) is 0 Å². The number of aliphatic imine (C=N–C) groups is 1. The van der Waals surface area contributed by atoms with E-state index in [1.54, 1.807) is 12.1 Å². The number of hydrogen-bond acceptors (Lipinski definition) is 5. The van der Waals surface area contributed by atoms with Crippen LogP contribution >= 0.6 is 0 Å². The highest BCUT2D eigenvalue weighted by Gasteiger charge is 2.44. The van der Waals surface area contributed by atoms with Gasteiger partial charge in [-0.05, 0) is 41.7 Å². The predicted octanol–water partition coefficient (Wildman–Crippen LogP) is 4.49. The molecule has 1 spiro atoms. The van der Waals surface area contributed by atoms with Gasteiger partial charge < -0.3 is 0 Å². The number of nitro groups is 1. The van der Waals surface area contributed by atoms with Gasteiger partial charge >= 0.3 is 0 Å². The van der Waals surface area contributed by atoms with Crippen LogP contribution in [0.5, 0.6) is 0 Å². The van der Waals surface area contributed by atoms with Crippen LogP contribution in [0.15, 0.2) is 47.5 Å². The fraction of sp³-hybridized carbons (Fsp3) is 0.316. The molecule has 1 heterocycles. The number of hydroxylamine groups is 1. The molecular weight excluding hydrogens is 318 g/mol. The lowest BCUT2D eigenvalue weighted by molar-refractivity contribution is -0.384. The first-order valence-corrected chi connectivity index (χ1v) is 8.53. The van der Waals surface area contributed by atoms with Gasteiger partial charge in [-0.3, -0.25) is 20.8 Å². The van der Waals surface area contributed by atoms with Gasteiger partial charge in [-0.15, -0.1) is 0 Å². The van der Waals surface area contributed by atoms with Crippen LogP contribution in [0.25, 0.3) is 11.1 Å². The van der Waals surface area contributed by atoms with Crippen LogP contribution in [-0.4, -0.2) is 16.0 Å². The van der Waals surface area contributed by atoms with E-state index in [2.05, 4.69) is 16.5 Å². The smallest absolute Gasteiger partial charge is 0.270 e. The topological polar surface area (TPSA) is 87.8 Å². The zero-order chi connectivity index (χ0) is 17.4. The maximum atomic E-state index is 11.0. The summed E-state index contributed by atoms with van der Waals surface area (Å²) in [5, 5.41) is 20.6. The number of fused-ring (bicyclic) bond motifs is 2. The molecule has 0 aromatic heterocycles. The number of hydrogen-bond donors (Lipinski definition) is 2. The van der Waals surface area contributed by atoms with Gasteiger partial charge in [0, 0.05) is 12.1 Å². The van der Waals surface area contributed by atoms with Gasteiger partial charge in [0.1, 0.15) is 5.84 Å². The van der Waals surface area contributed by atoms with Gasteiger partial charge in [-0.1, -0.05) is 37.5 Å². The molecule has 0 bridgehead atoms. The van der Waals surface area contributed by atoms with Crippen molar-refractivity contribution in [2.45, 2.75) is 37.5 Å². The highest BCUT2D eigenvalue weighted by molar-refractivity contribution is 6.00. The summed E-state index contributed by atoms with van der Waals surface area (Å²) in [7, 11) is 0. The fourth-order valence-electron chi connectivity index (χ4n) is 4.14. The molecule has 4 rings (SSSR count). The number of amidine groups is 1. The number of non-ortho nitro benzene ring substituents is 1. The van der Waals surface area contributed by atoms with Crippen molar-refractivity contribution >= 4 is 17.2 Å². The number of nitrogens with one attached hydrogen (secondary N) is 1. The maximum Gasteiger partial charge on any atom is 0.270 e. The minimum Gasteiger partial charge on any atom is -0.290 e. The first-order chi connectivity index (χ1) is 12.1. The predicted molar refractivity (Wildman–Crippen MR) is 95.3 cm³/mol. The molecule has 128 valence electrons. The summed E-state index contributed by atoms with van der Waals surface area (Å²) in [6, 6.07) is 12.6. The van der Waals surface area contributed by atoms with Gasteiger partial charge in [0.15, 0.2) is 0 Å². The summed E-state index contributed by atoms with van der Waals surface area (Å²) in [5.74, 6) is 0.624. The Kier molecular flexibility index (Phi) is 3.77. The molecule has 2 aliphatic rings. The Morgan fingerprint density at radius 1 is 1.08 bits per heavy atom. The Balaban J connectivity index is 1.80. The third-order valence-corrected chi connectivity index (χ3v) is 5.40. The van der Waals surface area contributed by atoms with Crippen molar-refractivity contribution in [2.75, 3.05) is 0 Å². The van der Waals surface area contributed by atoms with Gasteiger partial charge in [-0.25, -0.2) is 4.99 Å². The number of benzene rings is 2. The molecule has 0 amide bonds. The zero-order valence-electron chi connectivity index (χ0n) is 13.7. The molecule has 25 heavy (non-hydrogen) atoms. The Morgan fingerprint density at radius 2 is 1.84 bits per heavy atom. The standard InChI is InChI=1S/C19H19N3O3/c23-21-18-19(9-2-1-3-10-19)16-12-14(7-8-17(16)20-18)13-5-4-6-15(11-13)22(24)25/h4-8,11-12,23H,1-3,9-10H2,(H,20,21). The second-order valence-corrected chi connectivity index (χ2v) is 6.75. The van der Waals surface area contributed by atoms with Crippen molar-refractivity contribution in [1.82, 2.24) is 5.48 Å². The van der Waals surface area contributed by atoms with E-state index >= 15 is 0 Å². The monoisotopic (exact) mass is 337 g/mol. The molecule has 2 aromatic rings. The van der Waals surface area contributed by atoms with E-state index in [-0.39, 0.29) is 16.0 Å². The molecule has 2 aromatic carbocycles. The molecule has 1 saturated carbocycles. The molecule has 0 atom stereocenters. The lowest BCUT2D eigenvalue weighted by atomic mass is 9.69. The van der Waals surface area contributed by atoms with Gasteiger partial charge in [0.05, 0.1) is 16.0 Å². The number of rotatable bonds is 2. The van der Waals surface area contributed by atoms with Crippen LogP contribution in [0.1, 0.15) is 37.7 Å². The highest BCUT2D eigenvalue weighted by Crippen LogP contribution is 2.49. The van der Waals surface area contributed by atoms with Crippen molar-refractivity contribution in [3.63, 3.8) is 0 Å². The Labute approximate surface area is 145 Å². The first kappa shape index (κ1) is 15.8. The molecule has 6 heteroatoms. The molecule has 1 aliphatic carbocycles. The second kappa shape index (κ2) is 5.97. The van der Waals surface area contributed by atoms with Crippen molar-refractivity contribution in [3.8, 4) is 11.1 Å². The zero-order valence-corrected chi connectivity index (χ0v) is 13.7. The van der Waals surface area contributed by atoms with E-state index in [1.807, 2.05) is 18.2 Å². The molecule has 0 saturated heterocycles. The summed E-state index contributed by atoms with van der Waals surface area (Å²) in [6.45, 7) is 0. The summed E-state index contributed by atoms with van der Waals surface area (Å²) >= 11 is 0. The fourth-order valence-corrected chi connectivity index (χ4v) is 4.14. The van der Waals surface area contributed by atoms with E-state index in [9.17, 15) is 15.3 Å². The third-order valence-electron chi connectivity index (χ3n) is 5.40. The van der Waals surface area contributed by atoms with Crippen molar-refractivity contribution in [3.05, 3.63) is 58.1 Å². The molecular formula is C19H19N3O3. The largest absolute Gasteiger partial charge is 0.290 e. The molecule has 0 unspecified atom stereocenters. The number of nitro benzene ring substituents is 1. The number of nitrogens with zero attached hydrogens (tertiary/aromatic N) is 2. The minimum atomic E-state index is -0.379. The summed E-state index contributed by atoms with van der Waals surface area (Å²) in [5.41, 5.74) is 5.85. The molecule has 1 aliphatic heterocycles. The van der Waals surface area contributed by atoms with Crippen LogP contribution in [-0.2, 0) is 5.41 Å². The highest BCUT2D eigenvalue weighted by atomic mass is 16.6. The Bertz CT molecular complexity index is 870. The van der Waals surface area contributed by atoms with E-state index in [0.717, 1.165) is 48.1 Å². The quantitative estimate of drug-likeness (QED) is 0.624. The van der Waals surface area contributed by atoms with Crippen LogP contribution < -0.4 is 5.48 Å².